The second-order valence-electron chi connectivity index (χ2n) is 5.50. The predicted molar refractivity (Wildman–Crippen MR) is 106 cm³/mol. The van der Waals surface area contributed by atoms with Crippen molar-refractivity contribution in [3.05, 3.63) is 41.8 Å². The molecule has 2 aromatic rings. The fourth-order valence-corrected chi connectivity index (χ4v) is 2.03. The van der Waals surface area contributed by atoms with Gasteiger partial charge in [-0.2, -0.15) is 13.2 Å². The van der Waals surface area contributed by atoms with Crippen LogP contribution in [0.25, 0.3) is 11.5 Å². The molecule has 0 aliphatic heterocycles. The zero-order valence-electron chi connectivity index (χ0n) is 14.6. The molecule has 0 saturated heterocycles. The van der Waals surface area contributed by atoms with Crippen LogP contribution in [-0.2, 0) is 6.54 Å². The summed E-state index contributed by atoms with van der Waals surface area (Å²) in [5.74, 6) is 0.798. The first-order chi connectivity index (χ1) is 11.9. The van der Waals surface area contributed by atoms with Gasteiger partial charge in [0.2, 0.25) is 5.89 Å². The molecule has 0 atom stereocenters. The minimum atomic E-state index is -4.20. The van der Waals surface area contributed by atoms with Crippen LogP contribution in [0, 0.1) is 6.92 Å². The van der Waals surface area contributed by atoms with Crippen LogP contribution in [0.4, 0.5) is 13.2 Å². The number of guanidine groups is 1. The lowest BCUT2D eigenvalue weighted by atomic mass is 10.1. The highest BCUT2D eigenvalue weighted by atomic mass is 127. The molecule has 2 N–H and O–H groups in total. The summed E-state index contributed by atoms with van der Waals surface area (Å²) in [6, 6.07) is 7.75. The number of benzene rings is 1. The van der Waals surface area contributed by atoms with Crippen LogP contribution in [0.15, 0.2) is 39.9 Å². The molecule has 0 radical (unpaired) electrons. The van der Waals surface area contributed by atoms with Gasteiger partial charge >= 0.3 is 6.18 Å². The molecule has 0 spiro atoms. The van der Waals surface area contributed by atoms with E-state index >= 15 is 0 Å². The van der Waals surface area contributed by atoms with Gasteiger partial charge in [-0.1, -0.05) is 17.7 Å². The Labute approximate surface area is 167 Å². The Kier molecular flexibility index (Phi) is 8.89. The molecule has 0 saturated carbocycles. The summed E-state index contributed by atoms with van der Waals surface area (Å²) in [7, 11) is 0. The Hall–Kier alpha value is -1.78. The third kappa shape index (κ3) is 7.63. The molecule has 5 nitrogen and oxygen atoms in total. The summed E-state index contributed by atoms with van der Waals surface area (Å²) < 4.78 is 42.1. The summed E-state index contributed by atoms with van der Waals surface area (Å²) in [5.41, 5.74) is 2.60. The molecule has 0 bridgehead atoms. The Morgan fingerprint density at radius 1 is 1.19 bits per heavy atom. The number of aromatic nitrogens is 1. The Balaban J connectivity index is 0.00000338. The quantitative estimate of drug-likeness (QED) is 0.367. The minimum Gasteiger partial charge on any atom is -0.444 e. The van der Waals surface area contributed by atoms with Crippen molar-refractivity contribution in [1.82, 2.24) is 15.6 Å². The van der Waals surface area contributed by atoms with Crippen LogP contribution in [0.3, 0.4) is 0 Å². The van der Waals surface area contributed by atoms with Gasteiger partial charge in [0.15, 0.2) is 5.96 Å². The minimum absolute atomic E-state index is 0. The number of halogens is 4. The number of rotatable bonds is 6. The van der Waals surface area contributed by atoms with E-state index in [1.165, 1.54) is 6.26 Å². The number of oxazole rings is 1. The molecular formula is C17H22F3IN4O. The van der Waals surface area contributed by atoms with Crippen LogP contribution in [-0.4, -0.2) is 30.2 Å². The lowest BCUT2D eigenvalue weighted by Gasteiger charge is -2.12. The zero-order valence-corrected chi connectivity index (χ0v) is 16.9. The summed E-state index contributed by atoms with van der Waals surface area (Å²) in [4.78, 5) is 8.58. The number of nitrogens with one attached hydrogen (secondary N) is 2. The van der Waals surface area contributed by atoms with Crippen LogP contribution < -0.4 is 10.6 Å². The number of nitrogens with zero attached hydrogens (tertiary/aromatic N) is 2. The van der Waals surface area contributed by atoms with Crippen molar-refractivity contribution >= 4 is 29.9 Å². The van der Waals surface area contributed by atoms with E-state index in [1.807, 2.05) is 38.1 Å². The molecule has 0 aliphatic rings. The number of hydrogen-bond donors (Lipinski definition) is 2. The number of aliphatic imine (C=N–C) groups is 1. The molecule has 0 unspecified atom stereocenters. The highest BCUT2D eigenvalue weighted by Crippen LogP contribution is 2.19. The SMILES string of the molecule is CCNC(=NCc1coc(-c2ccc(C)cc2)n1)NCCC(F)(F)F.I. The van der Waals surface area contributed by atoms with Crippen molar-refractivity contribution in [3.8, 4) is 11.5 Å². The van der Waals surface area contributed by atoms with Gasteiger partial charge in [0.25, 0.3) is 0 Å². The first kappa shape index (κ1) is 22.3. The molecule has 1 aromatic carbocycles. The maximum atomic E-state index is 12.2. The standard InChI is InChI=1S/C17H21F3N4O.HI/c1-3-21-16(22-9-8-17(18,19)20)23-10-14-11-25-15(24-14)13-6-4-12(2)5-7-13;/h4-7,11H,3,8-10H2,1-2H3,(H2,21,22,23);1H. The summed E-state index contributed by atoms with van der Waals surface area (Å²) in [6.45, 7) is 4.35. The van der Waals surface area contributed by atoms with Crippen LogP contribution >= 0.6 is 24.0 Å². The van der Waals surface area contributed by atoms with Gasteiger partial charge in [-0.15, -0.1) is 24.0 Å². The average molecular weight is 482 g/mol. The molecule has 26 heavy (non-hydrogen) atoms. The third-order valence-corrected chi connectivity index (χ3v) is 3.29. The van der Waals surface area contributed by atoms with Crippen molar-refractivity contribution in [2.24, 2.45) is 4.99 Å². The second kappa shape index (κ2) is 10.4. The lowest BCUT2D eigenvalue weighted by molar-refractivity contribution is -0.132. The van der Waals surface area contributed by atoms with E-state index < -0.39 is 12.6 Å². The van der Waals surface area contributed by atoms with E-state index in [9.17, 15) is 13.2 Å². The largest absolute Gasteiger partial charge is 0.444 e. The fourth-order valence-electron chi connectivity index (χ4n) is 2.03. The van der Waals surface area contributed by atoms with Gasteiger partial charge in [0.05, 0.1) is 13.0 Å². The Morgan fingerprint density at radius 2 is 1.88 bits per heavy atom. The molecular weight excluding hydrogens is 460 g/mol. The number of alkyl halides is 3. The smallest absolute Gasteiger partial charge is 0.390 e. The van der Waals surface area contributed by atoms with E-state index in [4.69, 9.17) is 4.42 Å². The Morgan fingerprint density at radius 3 is 2.50 bits per heavy atom. The Bertz CT molecular complexity index is 699. The van der Waals surface area contributed by atoms with E-state index in [0.29, 0.717) is 24.1 Å². The second-order valence-corrected chi connectivity index (χ2v) is 5.50. The van der Waals surface area contributed by atoms with Gasteiger partial charge in [0.1, 0.15) is 12.0 Å². The molecule has 1 heterocycles. The zero-order chi connectivity index (χ0) is 18.3. The van der Waals surface area contributed by atoms with Gasteiger partial charge in [0, 0.05) is 18.7 Å². The van der Waals surface area contributed by atoms with Gasteiger partial charge < -0.3 is 15.1 Å². The number of aryl methyl sites for hydroxylation is 1. The molecule has 0 aliphatic carbocycles. The highest BCUT2D eigenvalue weighted by Gasteiger charge is 2.26. The normalized spacial score (nSPS) is 11.8. The van der Waals surface area contributed by atoms with Gasteiger partial charge in [-0.25, -0.2) is 9.98 Å². The predicted octanol–water partition coefficient (Wildman–Crippen LogP) is 4.28. The molecule has 0 amide bonds. The molecule has 144 valence electrons. The third-order valence-electron chi connectivity index (χ3n) is 3.29. The maximum absolute atomic E-state index is 12.2. The first-order valence-electron chi connectivity index (χ1n) is 7.98. The van der Waals surface area contributed by atoms with E-state index in [-0.39, 0.29) is 37.1 Å². The number of hydrogen-bond acceptors (Lipinski definition) is 3. The summed E-state index contributed by atoms with van der Waals surface area (Å²) in [6.07, 6.45) is -3.61. The van der Waals surface area contributed by atoms with Crippen molar-refractivity contribution in [3.63, 3.8) is 0 Å². The fraction of sp³-hybridized carbons (Fsp3) is 0.412. The van der Waals surface area contributed by atoms with Crippen molar-refractivity contribution in [2.45, 2.75) is 33.0 Å². The molecule has 0 fully saturated rings. The van der Waals surface area contributed by atoms with Gasteiger partial charge in [-0.05, 0) is 26.0 Å². The van der Waals surface area contributed by atoms with E-state index in [2.05, 4.69) is 20.6 Å². The average Bonchev–Trinajstić information content (AvgIpc) is 3.01. The van der Waals surface area contributed by atoms with E-state index in [1.54, 1.807) is 0 Å². The molecule has 9 heteroatoms. The van der Waals surface area contributed by atoms with Crippen LogP contribution in [0.5, 0.6) is 0 Å². The summed E-state index contributed by atoms with van der Waals surface area (Å²) >= 11 is 0. The highest BCUT2D eigenvalue weighted by molar-refractivity contribution is 14.0. The summed E-state index contributed by atoms with van der Waals surface area (Å²) in [5, 5.41) is 5.55. The van der Waals surface area contributed by atoms with Gasteiger partial charge in [-0.3, -0.25) is 0 Å². The van der Waals surface area contributed by atoms with Crippen molar-refractivity contribution in [2.75, 3.05) is 13.1 Å². The molecule has 2 rings (SSSR count). The topological polar surface area (TPSA) is 62.5 Å². The monoisotopic (exact) mass is 482 g/mol. The maximum Gasteiger partial charge on any atom is 0.390 e. The van der Waals surface area contributed by atoms with E-state index in [0.717, 1.165) is 11.1 Å². The van der Waals surface area contributed by atoms with Crippen molar-refractivity contribution in [1.29, 1.82) is 0 Å². The molecule has 1 aromatic heterocycles. The lowest BCUT2D eigenvalue weighted by Crippen LogP contribution is -2.38. The van der Waals surface area contributed by atoms with Crippen LogP contribution in [0.2, 0.25) is 0 Å². The first-order valence-corrected chi connectivity index (χ1v) is 7.98. The van der Waals surface area contributed by atoms with Crippen molar-refractivity contribution < 1.29 is 17.6 Å². The van der Waals surface area contributed by atoms with Crippen LogP contribution in [0.1, 0.15) is 24.6 Å².